The van der Waals surface area contributed by atoms with Gasteiger partial charge in [-0.15, -0.1) is 0 Å². The van der Waals surface area contributed by atoms with Crippen molar-refractivity contribution >= 4 is 11.6 Å². The van der Waals surface area contributed by atoms with Crippen LogP contribution in [-0.2, 0) is 10.2 Å². The van der Waals surface area contributed by atoms with Gasteiger partial charge in [0.25, 0.3) is 0 Å². The third kappa shape index (κ3) is 3.11. The first-order chi connectivity index (χ1) is 14.5. The summed E-state index contributed by atoms with van der Waals surface area (Å²) in [5.41, 5.74) is 5.03. The Hall–Kier alpha value is -3.34. The highest BCUT2D eigenvalue weighted by atomic mass is 19.1. The first-order valence-corrected chi connectivity index (χ1v) is 10.0. The Kier molecular flexibility index (Phi) is 4.28. The maximum absolute atomic E-state index is 13.5. The molecule has 5 rings (SSSR count). The zero-order chi connectivity index (χ0) is 20.9. The summed E-state index contributed by atoms with van der Waals surface area (Å²) in [6, 6.07) is 16.4. The van der Waals surface area contributed by atoms with E-state index < -0.39 is 5.41 Å². The molecule has 1 heterocycles. The summed E-state index contributed by atoms with van der Waals surface area (Å²) in [7, 11) is 0. The molecule has 0 saturated heterocycles. The molecule has 1 amide bonds. The molecular weight excluding hydrogens is 381 g/mol. The fraction of sp³-hybridized carbons (Fsp3) is 0.240. The molecule has 0 atom stereocenters. The summed E-state index contributed by atoms with van der Waals surface area (Å²) >= 11 is 0. The van der Waals surface area contributed by atoms with Gasteiger partial charge in [0.2, 0.25) is 12.7 Å². The number of ether oxygens (including phenoxy) is 2. The van der Waals surface area contributed by atoms with E-state index in [4.69, 9.17) is 9.47 Å². The number of benzene rings is 3. The standard InChI is InChI=1S/C25H22FNO3/c1-15-3-6-19(13-21(15)20-7-5-18(26)11-16(20)2)27-24(28)25(9-10-25)17-4-8-22-23(12-17)30-14-29-22/h3-8,11-13H,9-10,14H2,1-2H3,(H,27,28). The molecule has 1 aliphatic carbocycles. The van der Waals surface area contributed by atoms with Crippen LogP contribution in [0.2, 0.25) is 0 Å². The summed E-state index contributed by atoms with van der Waals surface area (Å²) in [6.07, 6.45) is 1.60. The van der Waals surface area contributed by atoms with E-state index in [2.05, 4.69) is 5.32 Å². The molecule has 1 N–H and O–H groups in total. The third-order valence-electron chi connectivity index (χ3n) is 6.08. The van der Waals surface area contributed by atoms with Crippen molar-refractivity contribution in [3.63, 3.8) is 0 Å². The first kappa shape index (κ1) is 18.7. The topological polar surface area (TPSA) is 47.6 Å². The van der Waals surface area contributed by atoms with Crippen LogP contribution in [0.3, 0.4) is 0 Å². The SMILES string of the molecule is Cc1cc(F)ccc1-c1cc(NC(=O)C2(c3ccc4c(c3)OCO4)CC2)ccc1C. The van der Waals surface area contributed by atoms with Crippen molar-refractivity contribution in [2.45, 2.75) is 32.1 Å². The van der Waals surface area contributed by atoms with Crippen LogP contribution in [0.1, 0.15) is 29.5 Å². The predicted octanol–water partition coefficient (Wildman–Crippen LogP) is 5.51. The Morgan fingerprint density at radius 2 is 1.70 bits per heavy atom. The zero-order valence-electron chi connectivity index (χ0n) is 16.9. The Morgan fingerprint density at radius 1 is 0.900 bits per heavy atom. The molecule has 0 radical (unpaired) electrons. The number of carbonyl (C=O) groups excluding carboxylic acids is 1. The number of aryl methyl sites for hydroxylation is 2. The second kappa shape index (κ2) is 6.87. The number of halogens is 1. The van der Waals surface area contributed by atoms with Crippen molar-refractivity contribution in [3.05, 3.63) is 77.1 Å². The quantitative estimate of drug-likeness (QED) is 0.625. The number of carbonyl (C=O) groups is 1. The van der Waals surface area contributed by atoms with Gasteiger partial charge < -0.3 is 14.8 Å². The van der Waals surface area contributed by atoms with E-state index in [9.17, 15) is 9.18 Å². The molecule has 0 aromatic heterocycles. The van der Waals surface area contributed by atoms with Gasteiger partial charge in [-0.3, -0.25) is 4.79 Å². The number of nitrogens with one attached hydrogen (secondary N) is 1. The number of anilines is 1. The van der Waals surface area contributed by atoms with Crippen molar-refractivity contribution in [1.82, 2.24) is 0 Å². The van der Waals surface area contributed by atoms with Gasteiger partial charge >= 0.3 is 0 Å². The Bertz CT molecular complexity index is 1170. The Labute approximate surface area is 174 Å². The van der Waals surface area contributed by atoms with E-state index in [1.54, 1.807) is 6.07 Å². The summed E-state index contributed by atoms with van der Waals surface area (Å²) in [5, 5.41) is 3.09. The number of amides is 1. The first-order valence-electron chi connectivity index (χ1n) is 10.0. The fourth-order valence-corrected chi connectivity index (χ4v) is 4.14. The summed E-state index contributed by atoms with van der Waals surface area (Å²) < 4.78 is 24.4. The summed E-state index contributed by atoms with van der Waals surface area (Å²) in [4.78, 5) is 13.2. The normalized spacial score (nSPS) is 15.7. The summed E-state index contributed by atoms with van der Waals surface area (Å²) in [6.45, 7) is 4.12. The van der Waals surface area contributed by atoms with Crippen LogP contribution in [0.4, 0.5) is 10.1 Å². The van der Waals surface area contributed by atoms with Gasteiger partial charge in [-0.1, -0.05) is 18.2 Å². The van der Waals surface area contributed by atoms with Crippen LogP contribution in [0.25, 0.3) is 11.1 Å². The number of hydrogen-bond acceptors (Lipinski definition) is 3. The number of rotatable bonds is 4. The van der Waals surface area contributed by atoms with Crippen molar-refractivity contribution in [2.75, 3.05) is 12.1 Å². The van der Waals surface area contributed by atoms with E-state index in [1.807, 2.05) is 50.2 Å². The molecule has 30 heavy (non-hydrogen) atoms. The molecule has 0 unspecified atom stereocenters. The minimum absolute atomic E-state index is 0.0213. The van der Waals surface area contributed by atoms with E-state index >= 15 is 0 Å². The Balaban J connectivity index is 1.43. The van der Waals surface area contributed by atoms with Crippen molar-refractivity contribution in [2.24, 2.45) is 0 Å². The maximum atomic E-state index is 13.5. The van der Waals surface area contributed by atoms with E-state index in [-0.39, 0.29) is 18.5 Å². The molecule has 4 nitrogen and oxygen atoms in total. The predicted molar refractivity (Wildman–Crippen MR) is 113 cm³/mol. The molecule has 5 heteroatoms. The largest absolute Gasteiger partial charge is 0.454 e. The van der Waals surface area contributed by atoms with Crippen molar-refractivity contribution < 1.29 is 18.7 Å². The molecule has 1 aliphatic heterocycles. The van der Waals surface area contributed by atoms with Gasteiger partial charge in [-0.05, 0) is 90.9 Å². The van der Waals surface area contributed by atoms with Crippen LogP contribution in [0, 0.1) is 19.7 Å². The van der Waals surface area contributed by atoms with Crippen LogP contribution in [-0.4, -0.2) is 12.7 Å². The molecule has 0 bridgehead atoms. The highest BCUT2D eigenvalue weighted by molar-refractivity contribution is 6.02. The molecular formula is C25H22FNO3. The van der Waals surface area contributed by atoms with Crippen LogP contribution in [0.15, 0.2) is 54.6 Å². The lowest BCUT2D eigenvalue weighted by molar-refractivity contribution is -0.118. The minimum Gasteiger partial charge on any atom is -0.454 e. The van der Waals surface area contributed by atoms with E-state index in [1.165, 1.54) is 12.1 Å². The minimum atomic E-state index is -0.530. The molecule has 0 spiro atoms. The summed E-state index contributed by atoms with van der Waals surface area (Å²) in [5.74, 6) is 1.13. The second-order valence-electron chi connectivity index (χ2n) is 8.09. The molecule has 1 saturated carbocycles. The van der Waals surface area contributed by atoms with Crippen LogP contribution >= 0.6 is 0 Å². The second-order valence-corrected chi connectivity index (χ2v) is 8.09. The zero-order valence-corrected chi connectivity index (χ0v) is 16.9. The lowest BCUT2D eigenvalue weighted by Gasteiger charge is -2.18. The average Bonchev–Trinajstić information content (AvgIpc) is 3.41. The van der Waals surface area contributed by atoms with Crippen molar-refractivity contribution in [3.8, 4) is 22.6 Å². The Morgan fingerprint density at radius 3 is 2.47 bits per heavy atom. The average molecular weight is 403 g/mol. The highest BCUT2D eigenvalue weighted by Gasteiger charge is 2.51. The van der Waals surface area contributed by atoms with Gasteiger partial charge in [0.1, 0.15) is 5.82 Å². The molecule has 3 aromatic carbocycles. The van der Waals surface area contributed by atoms with E-state index in [0.29, 0.717) is 11.5 Å². The maximum Gasteiger partial charge on any atom is 0.235 e. The van der Waals surface area contributed by atoms with Crippen molar-refractivity contribution in [1.29, 1.82) is 0 Å². The van der Waals surface area contributed by atoms with Gasteiger partial charge in [0.05, 0.1) is 5.41 Å². The van der Waals surface area contributed by atoms with E-state index in [0.717, 1.165) is 46.3 Å². The third-order valence-corrected chi connectivity index (χ3v) is 6.08. The van der Waals surface area contributed by atoms with Gasteiger partial charge in [0, 0.05) is 5.69 Å². The highest BCUT2D eigenvalue weighted by Crippen LogP contribution is 2.51. The lowest BCUT2D eigenvalue weighted by atomic mass is 9.93. The fourth-order valence-electron chi connectivity index (χ4n) is 4.14. The molecule has 152 valence electrons. The van der Waals surface area contributed by atoms with Crippen LogP contribution < -0.4 is 14.8 Å². The monoisotopic (exact) mass is 403 g/mol. The van der Waals surface area contributed by atoms with Gasteiger partial charge in [-0.2, -0.15) is 0 Å². The molecule has 2 aliphatic rings. The molecule has 1 fully saturated rings. The van der Waals surface area contributed by atoms with Gasteiger partial charge in [-0.25, -0.2) is 4.39 Å². The number of hydrogen-bond donors (Lipinski definition) is 1. The molecule has 3 aromatic rings. The van der Waals surface area contributed by atoms with Gasteiger partial charge in [0.15, 0.2) is 11.5 Å². The smallest absolute Gasteiger partial charge is 0.235 e. The number of fused-ring (bicyclic) bond motifs is 1. The lowest BCUT2D eigenvalue weighted by Crippen LogP contribution is -2.27. The van der Waals surface area contributed by atoms with Crippen LogP contribution in [0.5, 0.6) is 11.5 Å².